The van der Waals surface area contributed by atoms with E-state index in [4.69, 9.17) is 0 Å². The average Bonchev–Trinajstić information content (AvgIpc) is 2.40. The molecule has 1 nitrogen and oxygen atoms in total. The van der Waals surface area contributed by atoms with E-state index in [1.807, 2.05) is 42.5 Å². The highest BCUT2D eigenvalue weighted by Crippen LogP contribution is 2.13. The van der Waals surface area contributed by atoms with Crippen LogP contribution < -0.4 is 0 Å². The Hall–Kier alpha value is -0.930. The molecule has 3 heteroatoms. The molecule has 1 atom stereocenters. The van der Waals surface area contributed by atoms with Gasteiger partial charge < -0.3 is 0 Å². The molecule has 1 unspecified atom stereocenters. The molecule has 0 saturated carbocycles. The van der Waals surface area contributed by atoms with Gasteiger partial charge in [-0.15, -0.1) is 0 Å². The van der Waals surface area contributed by atoms with Crippen molar-refractivity contribution in [2.75, 3.05) is 0 Å². The van der Waals surface area contributed by atoms with Crippen LogP contribution in [-0.2, 0) is 21.9 Å². The predicted molar refractivity (Wildman–Crippen MR) is 75.6 cm³/mol. The average molecular weight is 309 g/mol. The lowest BCUT2D eigenvalue weighted by Crippen LogP contribution is -1.96. The first kappa shape index (κ1) is 12.5. The van der Waals surface area contributed by atoms with Gasteiger partial charge in [-0.2, -0.15) is 0 Å². The standard InChI is InChI=1S/C14H13BrOS/c15-10-12-6-8-13(9-7-12)11-17(16)14-4-2-1-3-5-14/h1-9H,10-11H2. The van der Waals surface area contributed by atoms with Crippen molar-refractivity contribution in [3.63, 3.8) is 0 Å². The number of halogens is 1. The Morgan fingerprint density at radius 1 is 0.882 bits per heavy atom. The van der Waals surface area contributed by atoms with Gasteiger partial charge >= 0.3 is 0 Å². The summed E-state index contributed by atoms with van der Waals surface area (Å²) < 4.78 is 12.1. The van der Waals surface area contributed by atoms with Gasteiger partial charge in [0.25, 0.3) is 0 Å². The Morgan fingerprint density at radius 2 is 1.47 bits per heavy atom. The van der Waals surface area contributed by atoms with Gasteiger partial charge in [0, 0.05) is 10.2 Å². The predicted octanol–water partition coefficient (Wildman–Crippen LogP) is 3.89. The normalized spacial score (nSPS) is 12.3. The summed E-state index contributed by atoms with van der Waals surface area (Å²) in [6.07, 6.45) is 0. The van der Waals surface area contributed by atoms with Crippen LogP contribution >= 0.6 is 15.9 Å². The van der Waals surface area contributed by atoms with Crippen LogP contribution in [0, 0.1) is 0 Å². The highest BCUT2D eigenvalue weighted by atomic mass is 79.9. The molecule has 0 bridgehead atoms. The van der Waals surface area contributed by atoms with E-state index in [0.717, 1.165) is 15.8 Å². The van der Waals surface area contributed by atoms with E-state index in [9.17, 15) is 4.21 Å². The van der Waals surface area contributed by atoms with Gasteiger partial charge in [0.1, 0.15) is 0 Å². The van der Waals surface area contributed by atoms with Gasteiger partial charge in [-0.05, 0) is 23.3 Å². The Kier molecular flexibility index (Phi) is 4.51. The van der Waals surface area contributed by atoms with Crippen molar-refractivity contribution in [1.29, 1.82) is 0 Å². The van der Waals surface area contributed by atoms with Gasteiger partial charge in [0.05, 0.1) is 16.6 Å². The van der Waals surface area contributed by atoms with E-state index in [-0.39, 0.29) is 0 Å². The highest BCUT2D eigenvalue weighted by Gasteiger charge is 2.04. The number of hydrogen-bond acceptors (Lipinski definition) is 1. The molecule has 0 amide bonds. The molecule has 17 heavy (non-hydrogen) atoms. The van der Waals surface area contributed by atoms with E-state index in [0.29, 0.717) is 5.75 Å². The fourth-order valence-electron chi connectivity index (χ4n) is 1.53. The third kappa shape index (κ3) is 3.51. The molecule has 2 aromatic rings. The Bertz CT molecular complexity index is 493. The summed E-state index contributed by atoms with van der Waals surface area (Å²) in [6, 6.07) is 17.8. The summed E-state index contributed by atoms with van der Waals surface area (Å²) in [5.74, 6) is 0.576. The number of benzene rings is 2. The zero-order valence-corrected chi connectivity index (χ0v) is 11.7. The van der Waals surface area contributed by atoms with Gasteiger partial charge in [0.15, 0.2) is 0 Å². The van der Waals surface area contributed by atoms with Crippen molar-refractivity contribution in [3.8, 4) is 0 Å². The van der Waals surface area contributed by atoms with Crippen LogP contribution in [0.4, 0.5) is 0 Å². The van der Waals surface area contributed by atoms with Crippen molar-refractivity contribution < 1.29 is 4.21 Å². The zero-order valence-electron chi connectivity index (χ0n) is 9.30. The smallest absolute Gasteiger partial charge is 0.0574 e. The fourth-order valence-corrected chi connectivity index (χ4v) is 3.03. The van der Waals surface area contributed by atoms with Crippen LogP contribution in [0.25, 0.3) is 0 Å². The number of rotatable bonds is 4. The maximum absolute atomic E-state index is 12.1. The molecule has 0 radical (unpaired) electrons. The van der Waals surface area contributed by atoms with Crippen molar-refractivity contribution in [2.24, 2.45) is 0 Å². The second-order valence-corrected chi connectivity index (χ2v) is 5.76. The molecule has 88 valence electrons. The molecular weight excluding hydrogens is 296 g/mol. The van der Waals surface area contributed by atoms with E-state index in [2.05, 4.69) is 28.1 Å². The van der Waals surface area contributed by atoms with Gasteiger partial charge in [-0.3, -0.25) is 4.21 Å². The van der Waals surface area contributed by atoms with Gasteiger partial charge in [-0.25, -0.2) is 0 Å². The molecule has 0 heterocycles. The second kappa shape index (κ2) is 6.12. The lowest BCUT2D eigenvalue weighted by Gasteiger charge is -2.03. The van der Waals surface area contributed by atoms with E-state index < -0.39 is 10.8 Å². The molecule has 0 N–H and O–H groups in total. The topological polar surface area (TPSA) is 17.1 Å². The monoisotopic (exact) mass is 308 g/mol. The largest absolute Gasteiger partial charge is 0.254 e. The second-order valence-electron chi connectivity index (χ2n) is 3.75. The molecular formula is C14H13BrOS. The lowest BCUT2D eigenvalue weighted by atomic mass is 10.2. The third-order valence-corrected chi connectivity index (χ3v) is 4.52. The van der Waals surface area contributed by atoms with Gasteiger partial charge in [0.2, 0.25) is 0 Å². The summed E-state index contributed by atoms with van der Waals surface area (Å²) >= 11 is 3.41. The van der Waals surface area contributed by atoms with Crippen LogP contribution in [-0.4, -0.2) is 4.21 Å². The van der Waals surface area contributed by atoms with Crippen LogP contribution in [0.2, 0.25) is 0 Å². The minimum Gasteiger partial charge on any atom is -0.254 e. The van der Waals surface area contributed by atoms with E-state index in [1.54, 1.807) is 0 Å². The van der Waals surface area contributed by atoms with Crippen molar-refractivity contribution in [3.05, 3.63) is 65.7 Å². The first-order chi connectivity index (χ1) is 8.29. The van der Waals surface area contributed by atoms with Crippen LogP contribution in [0.1, 0.15) is 11.1 Å². The molecule has 2 aromatic carbocycles. The molecule has 2 rings (SSSR count). The van der Waals surface area contributed by atoms with Crippen LogP contribution in [0.15, 0.2) is 59.5 Å². The molecule has 0 aliphatic carbocycles. The number of alkyl halides is 1. The lowest BCUT2D eigenvalue weighted by molar-refractivity contribution is 0.682. The summed E-state index contributed by atoms with van der Waals surface area (Å²) in [4.78, 5) is 0.886. The molecule has 0 saturated heterocycles. The van der Waals surface area contributed by atoms with Crippen LogP contribution in [0.5, 0.6) is 0 Å². The zero-order chi connectivity index (χ0) is 12.1. The maximum Gasteiger partial charge on any atom is 0.0574 e. The molecule has 0 aromatic heterocycles. The summed E-state index contributed by atoms with van der Waals surface area (Å²) in [7, 11) is -0.955. The first-order valence-electron chi connectivity index (χ1n) is 5.37. The van der Waals surface area contributed by atoms with E-state index in [1.165, 1.54) is 5.56 Å². The molecule has 0 aliphatic heterocycles. The van der Waals surface area contributed by atoms with Crippen molar-refractivity contribution in [1.82, 2.24) is 0 Å². The van der Waals surface area contributed by atoms with Crippen molar-refractivity contribution >= 4 is 26.7 Å². The summed E-state index contributed by atoms with van der Waals surface area (Å²) in [5, 5.41) is 0.856. The SMILES string of the molecule is O=S(Cc1ccc(CBr)cc1)c1ccccc1. The summed E-state index contributed by atoms with van der Waals surface area (Å²) in [5.41, 5.74) is 2.34. The Balaban J connectivity index is 2.08. The number of hydrogen-bond donors (Lipinski definition) is 0. The molecule has 0 fully saturated rings. The highest BCUT2D eigenvalue weighted by molar-refractivity contribution is 9.08. The quantitative estimate of drug-likeness (QED) is 0.783. The van der Waals surface area contributed by atoms with Gasteiger partial charge in [-0.1, -0.05) is 58.4 Å². The summed E-state index contributed by atoms with van der Waals surface area (Å²) in [6.45, 7) is 0. The van der Waals surface area contributed by atoms with Crippen LogP contribution in [0.3, 0.4) is 0 Å². The van der Waals surface area contributed by atoms with Crippen molar-refractivity contribution in [2.45, 2.75) is 16.0 Å². The first-order valence-corrected chi connectivity index (χ1v) is 7.81. The molecule has 0 spiro atoms. The minimum atomic E-state index is -0.955. The fraction of sp³-hybridized carbons (Fsp3) is 0.143. The van der Waals surface area contributed by atoms with E-state index >= 15 is 0 Å². The maximum atomic E-state index is 12.1. The third-order valence-electron chi connectivity index (χ3n) is 2.48. The Labute approximate surface area is 112 Å². The molecule has 0 aliphatic rings. The minimum absolute atomic E-state index is 0.576. The Morgan fingerprint density at radius 3 is 2.06 bits per heavy atom.